The molecule has 0 aliphatic carbocycles. The number of rotatable bonds is 2. The van der Waals surface area contributed by atoms with Crippen LogP contribution in [0.5, 0.6) is 5.75 Å². The van der Waals surface area contributed by atoms with Gasteiger partial charge in [-0.25, -0.2) is 0 Å². The summed E-state index contributed by atoms with van der Waals surface area (Å²) in [4.78, 5) is 11.3. The van der Waals surface area contributed by atoms with Crippen LogP contribution in [0.1, 0.15) is 21.5 Å². The number of phenols is 1. The predicted octanol–water partition coefficient (Wildman–Crippen LogP) is 2.86. The monoisotopic (exact) mass is 307 g/mol. The molecule has 0 spiro atoms. The molecule has 0 bridgehead atoms. The minimum absolute atomic E-state index is 0.209. The number of aromatic hydroxyl groups is 1. The molecule has 0 amide bonds. The van der Waals surface area contributed by atoms with Crippen LogP contribution < -0.4 is 0 Å². The van der Waals surface area contributed by atoms with Gasteiger partial charge in [0.15, 0.2) is 5.78 Å². The maximum Gasteiger partial charge on any atom is 0.420 e. The number of Topliss-reactive ketones (excluding diaryl/α,β-unsaturated/α-hetero) is 1. The molecule has 17 heavy (non-hydrogen) atoms. The first-order chi connectivity index (χ1) is 7.81. The van der Waals surface area contributed by atoms with Gasteiger partial charge < -0.3 is 5.11 Å². The summed E-state index contributed by atoms with van der Waals surface area (Å²) in [6.45, 7) is 0. The van der Waals surface area contributed by atoms with Crippen LogP contribution in [0.4, 0.5) is 13.2 Å². The molecule has 7 heteroatoms. The lowest BCUT2D eigenvalue weighted by atomic mass is 10.00. The molecule has 0 saturated carbocycles. The molecule has 1 rings (SSSR count). The highest BCUT2D eigenvalue weighted by atomic mass is 79.9. The number of carbonyl (C=O) groups is 1. The van der Waals surface area contributed by atoms with Gasteiger partial charge in [0.25, 0.3) is 0 Å². The molecule has 3 nitrogen and oxygen atoms in total. The highest BCUT2D eigenvalue weighted by Crippen LogP contribution is 2.39. The van der Waals surface area contributed by atoms with E-state index in [0.717, 1.165) is 6.07 Å². The molecule has 0 heterocycles. The number of nitriles is 1. The normalized spacial score (nSPS) is 11.0. The van der Waals surface area contributed by atoms with Crippen LogP contribution in [0.15, 0.2) is 12.1 Å². The van der Waals surface area contributed by atoms with E-state index in [4.69, 9.17) is 5.26 Å². The van der Waals surface area contributed by atoms with Crippen molar-refractivity contribution in [2.24, 2.45) is 0 Å². The third-order valence-corrected chi connectivity index (χ3v) is 2.46. The summed E-state index contributed by atoms with van der Waals surface area (Å²) in [5, 5.41) is 17.5. The Morgan fingerprint density at radius 2 is 2.06 bits per heavy atom. The highest BCUT2D eigenvalue weighted by molar-refractivity contribution is 9.09. The van der Waals surface area contributed by atoms with Crippen molar-refractivity contribution in [1.29, 1.82) is 5.26 Å². The Morgan fingerprint density at radius 3 is 2.47 bits per heavy atom. The average molecular weight is 308 g/mol. The molecule has 0 aliphatic heterocycles. The molecular formula is C10H5BrF3NO2. The molecule has 1 N–H and O–H groups in total. The maximum atomic E-state index is 12.6. The summed E-state index contributed by atoms with van der Waals surface area (Å²) in [5.74, 6) is -1.98. The van der Waals surface area contributed by atoms with Crippen LogP contribution in [0, 0.1) is 11.3 Å². The van der Waals surface area contributed by atoms with Crippen LogP contribution in [0.2, 0.25) is 0 Å². The molecule has 1 aromatic rings. The lowest BCUT2D eigenvalue weighted by Crippen LogP contribution is -2.14. The van der Waals surface area contributed by atoms with Crippen LogP contribution in [-0.2, 0) is 6.18 Å². The largest absolute Gasteiger partial charge is 0.507 e. The van der Waals surface area contributed by atoms with Gasteiger partial charge in [0, 0.05) is 5.56 Å². The van der Waals surface area contributed by atoms with E-state index in [-0.39, 0.29) is 10.9 Å². The zero-order valence-electron chi connectivity index (χ0n) is 8.18. The van der Waals surface area contributed by atoms with Crippen LogP contribution in [-0.4, -0.2) is 16.2 Å². The van der Waals surface area contributed by atoms with Crippen molar-refractivity contribution < 1.29 is 23.1 Å². The van der Waals surface area contributed by atoms with Gasteiger partial charge in [-0.05, 0) is 12.1 Å². The Labute approximate surface area is 103 Å². The number of alkyl halides is 4. The smallest absolute Gasteiger partial charge is 0.420 e. The Bertz CT molecular complexity index is 505. The number of phenolic OH excluding ortho intramolecular Hbond substituents is 1. The van der Waals surface area contributed by atoms with Crippen molar-refractivity contribution in [1.82, 2.24) is 0 Å². The molecule has 0 atom stereocenters. The first-order valence-corrected chi connectivity index (χ1v) is 5.37. The van der Waals surface area contributed by atoms with Crippen LogP contribution in [0.25, 0.3) is 0 Å². The Morgan fingerprint density at radius 1 is 1.47 bits per heavy atom. The van der Waals surface area contributed by atoms with Crippen molar-refractivity contribution in [3.8, 4) is 11.8 Å². The number of nitrogens with zero attached hydrogens (tertiary/aromatic N) is 1. The van der Waals surface area contributed by atoms with Crippen LogP contribution in [0.3, 0.4) is 0 Å². The molecule has 0 unspecified atom stereocenters. The summed E-state index contributed by atoms with van der Waals surface area (Å²) in [6.07, 6.45) is -4.86. The van der Waals surface area contributed by atoms with Crippen molar-refractivity contribution in [3.63, 3.8) is 0 Å². The summed E-state index contributed by atoms with van der Waals surface area (Å²) < 4.78 is 37.9. The van der Waals surface area contributed by atoms with Crippen molar-refractivity contribution in [2.75, 3.05) is 5.33 Å². The van der Waals surface area contributed by atoms with Crippen LogP contribution >= 0.6 is 15.9 Å². The molecule has 1 aromatic carbocycles. The van der Waals surface area contributed by atoms with Gasteiger partial charge in [-0.2, -0.15) is 18.4 Å². The van der Waals surface area contributed by atoms with E-state index >= 15 is 0 Å². The summed E-state index contributed by atoms with van der Waals surface area (Å²) in [6, 6.07) is 3.06. The maximum absolute atomic E-state index is 12.6. The molecule has 0 radical (unpaired) electrons. The summed E-state index contributed by atoms with van der Waals surface area (Å²) in [5.41, 5.74) is -2.34. The molecular weight excluding hydrogens is 303 g/mol. The Hall–Kier alpha value is -1.55. The fraction of sp³-hybridized carbons (Fsp3) is 0.200. The topological polar surface area (TPSA) is 61.1 Å². The molecule has 0 aliphatic rings. The number of benzene rings is 1. The summed E-state index contributed by atoms with van der Waals surface area (Å²) >= 11 is 2.74. The van der Waals surface area contributed by atoms with Crippen molar-refractivity contribution in [3.05, 3.63) is 28.8 Å². The van der Waals surface area contributed by atoms with E-state index in [1.807, 2.05) is 0 Å². The second-order valence-corrected chi connectivity index (χ2v) is 3.65. The first-order valence-electron chi connectivity index (χ1n) is 4.24. The number of hydrogen-bond donors (Lipinski definition) is 1. The first kappa shape index (κ1) is 13.5. The fourth-order valence-corrected chi connectivity index (χ4v) is 1.58. The SMILES string of the molecule is N#Cc1cc(O)c(C(F)(F)F)c(C(=O)CBr)c1. The van der Waals surface area contributed by atoms with E-state index in [1.165, 1.54) is 0 Å². The predicted molar refractivity (Wildman–Crippen MR) is 55.9 cm³/mol. The van der Waals surface area contributed by atoms with Gasteiger partial charge in [-0.1, -0.05) is 15.9 Å². The quantitative estimate of drug-likeness (QED) is 0.675. The van der Waals surface area contributed by atoms with Gasteiger partial charge in [-0.3, -0.25) is 4.79 Å². The standard InChI is InChI=1S/C10H5BrF3NO2/c11-3-8(17)6-1-5(4-15)2-7(16)9(6)10(12,13)14/h1-2,16H,3H2. The lowest BCUT2D eigenvalue weighted by Gasteiger charge is -2.13. The lowest BCUT2D eigenvalue weighted by molar-refractivity contribution is -0.139. The third kappa shape index (κ3) is 2.77. The molecule has 90 valence electrons. The third-order valence-electron chi connectivity index (χ3n) is 1.95. The Balaban J connectivity index is 3.58. The second-order valence-electron chi connectivity index (χ2n) is 3.08. The molecule has 0 aromatic heterocycles. The van der Waals surface area contributed by atoms with Gasteiger partial charge >= 0.3 is 6.18 Å². The number of hydrogen-bond acceptors (Lipinski definition) is 3. The van der Waals surface area contributed by atoms with E-state index in [0.29, 0.717) is 6.07 Å². The summed E-state index contributed by atoms with van der Waals surface area (Å²) in [7, 11) is 0. The molecule has 0 saturated heterocycles. The van der Waals surface area contributed by atoms with E-state index in [9.17, 15) is 23.1 Å². The Kier molecular flexibility index (Phi) is 3.78. The van der Waals surface area contributed by atoms with E-state index < -0.39 is 28.8 Å². The fourth-order valence-electron chi connectivity index (χ4n) is 1.28. The molecule has 0 fully saturated rings. The van der Waals surface area contributed by atoms with Gasteiger partial charge in [-0.15, -0.1) is 0 Å². The highest BCUT2D eigenvalue weighted by Gasteiger charge is 2.38. The minimum atomic E-state index is -4.86. The minimum Gasteiger partial charge on any atom is -0.507 e. The van der Waals surface area contributed by atoms with E-state index in [2.05, 4.69) is 15.9 Å². The van der Waals surface area contributed by atoms with Gasteiger partial charge in [0.2, 0.25) is 0 Å². The van der Waals surface area contributed by atoms with Gasteiger partial charge in [0.1, 0.15) is 11.3 Å². The number of halogens is 4. The van der Waals surface area contributed by atoms with Crippen molar-refractivity contribution in [2.45, 2.75) is 6.18 Å². The zero-order chi connectivity index (χ0) is 13.2. The zero-order valence-corrected chi connectivity index (χ0v) is 9.76. The second kappa shape index (κ2) is 4.75. The average Bonchev–Trinajstić information content (AvgIpc) is 2.24. The number of ketones is 1. The number of carbonyl (C=O) groups excluding carboxylic acids is 1. The van der Waals surface area contributed by atoms with E-state index in [1.54, 1.807) is 6.07 Å². The van der Waals surface area contributed by atoms with Crippen molar-refractivity contribution >= 4 is 21.7 Å². The van der Waals surface area contributed by atoms with Gasteiger partial charge in [0.05, 0.1) is 17.0 Å².